The van der Waals surface area contributed by atoms with Crippen LogP contribution in [0.4, 0.5) is 0 Å². The van der Waals surface area contributed by atoms with Gasteiger partial charge in [0.2, 0.25) is 0 Å². The minimum Gasteiger partial charge on any atom is -0.496 e. The zero-order chi connectivity index (χ0) is 20.8. The first-order chi connectivity index (χ1) is 14.0. The molecule has 3 aromatic rings. The van der Waals surface area contributed by atoms with Crippen LogP contribution in [0.3, 0.4) is 0 Å². The number of rotatable bonds is 7. The topological polar surface area (TPSA) is 59.9 Å². The summed E-state index contributed by atoms with van der Waals surface area (Å²) in [5.74, 6) is 0.983. The Balaban J connectivity index is 1.78. The average molecular weight is 612 g/mol. The molecule has 0 fully saturated rings. The number of carbonyl (C=O) groups excluding carboxylic acids is 1. The molecule has 0 aromatic heterocycles. The van der Waals surface area contributed by atoms with Crippen molar-refractivity contribution in [2.75, 3.05) is 13.7 Å². The standard InChI is InChI=1S/C22H18I2N2O3/c1-3-8-29-21-18(23)9-14(10-19(21)24)13-25-26-22(27)17-11-15-6-4-5-7-16(15)12-20(17)28-2/h3-7,9-13H,1,8H2,2H3,(H,26,27)/b25-13-. The number of benzene rings is 3. The largest absolute Gasteiger partial charge is 0.496 e. The van der Waals surface area contributed by atoms with Crippen LogP contribution in [0.2, 0.25) is 0 Å². The molecule has 0 spiro atoms. The Kier molecular flexibility index (Phi) is 7.48. The summed E-state index contributed by atoms with van der Waals surface area (Å²) >= 11 is 4.43. The second-order valence-electron chi connectivity index (χ2n) is 6.01. The second-order valence-corrected chi connectivity index (χ2v) is 8.34. The van der Waals surface area contributed by atoms with Crippen LogP contribution in [-0.2, 0) is 0 Å². The molecule has 1 N–H and O–H groups in total. The Labute approximate surface area is 196 Å². The van der Waals surface area contributed by atoms with Crippen LogP contribution >= 0.6 is 45.2 Å². The van der Waals surface area contributed by atoms with Crippen LogP contribution in [0.25, 0.3) is 10.8 Å². The Morgan fingerprint density at radius 2 is 1.79 bits per heavy atom. The number of nitrogens with zero attached hydrogens (tertiary/aromatic N) is 1. The number of hydrazone groups is 1. The van der Waals surface area contributed by atoms with Gasteiger partial charge in [0.1, 0.15) is 18.1 Å². The van der Waals surface area contributed by atoms with E-state index in [1.54, 1.807) is 25.5 Å². The smallest absolute Gasteiger partial charge is 0.275 e. The van der Waals surface area contributed by atoms with E-state index >= 15 is 0 Å². The lowest BCUT2D eigenvalue weighted by molar-refractivity contribution is 0.0952. The number of nitrogens with one attached hydrogen (secondary N) is 1. The van der Waals surface area contributed by atoms with Gasteiger partial charge >= 0.3 is 0 Å². The van der Waals surface area contributed by atoms with Crippen LogP contribution in [0.1, 0.15) is 15.9 Å². The van der Waals surface area contributed by atoms with E-state index in [9.17, 15) is 4.79 Å². The van der Waals surface area contributed by atoms with Crippen molar-refractivity contribution in [3.63, 3.8) is 0 Å². The van der Waals surface area contributed by atoms with Crippen LogP contribution in [0.15, 0.2) is 66.3 Å². The van der Waals surface area contributed by atoms with E-state index in [0.29, 0.717) is 17.9 Å². The van der Waals surface area contributed by atoms with E-state index in [1.165, 1.54) is 0 Å². The molecule has 3 aromatic carbocycles. The van der Waals surface area contributed by atoms with Crippen molar-refractivity contribution in [3.8, 4) is 11.5 Å². The van der Waals surface area contributed by atoms with Crippen molar-refractivity contribution in [1.82, 2.24) is 5.43 Å². The maximum atomic E-state index is 12.6. The van der Waals surface area contributed by atoms with Gasteiger partial charge in [0.05, 0.1) is 26.0 Å². The van der Waals surface area contributed by atoms with Gasteiger partial charge in [-0.1, -0.05) is 36.9 Å². The molecular weight excluding hydrogens is 594 g/mol. The zero-order valence-electron chi connectivity index (χ0n) is 15.6. The fraction of sp³-hybridized carbons (Fsp3) is 0.0909. The molecule has 29 heavy (non-hydrogen) atoms. The second kappa shape index (κ2) is 10.1. The third kappa shape index (κ3) is 5.27. The maximum Gasteiger partial charge on any atom is 0.275 e. The molecule has 0 bridgehead atoms. The molecule has 0 unspecified atom stereocenters. The summed E-state index contributed by atoms with van der Waals surface area (Å²) < 4.78 is 13.0. The monoisotopic (exact) mass is 612 g/mol. The Morgan fingerprint density at radius 1 is 1.14 bits per heavy atom. The first-order valence-electron chi connectivity index (χ1n) is 8.66. The van der Waals surface area contributed by atoms with Crippen LogP contribution < -0.4 is 14.9 Å². The maximum absolute atomic E-state index is 12.6. The first-order valence-corrected chi connectivity index (χ1v) is 10.8. The predicted molar refractivity (Wildman–Crippen MR) is 133 cm³/mol. The summed E-state index contributed by atoms with van der Waals surface area (Å²) in [5, 5.41) is 6.07. The molecule has 0 saturated carbocycles. The summed E-state index contributed by atoms with van der Waals surface area (Å²) in [6.07, 6.45) is 3.31. The lowest BCUT2D eigenvalue weighted by Crippen LogP contribution is -2.18. The van der Waals surface area contributed by atoms with Crippen LogP contribution in [0, 0.1) is 7.14 Å². The highest BCUT2D eigenvalue weighted by atomic mass is 127. The predicted octanol–water partition coefficient (Wildman–Crippen LogP) is 5.39. The van der Waals surface area contributed by atoms with Gasteiger partial charge in [-0.3, -0.25) is 4.79 Å². The highest BCUT2D eigenvalue weighted by Crippen LogP contribution is 2.29. The minimum atomic E-state index is -0.334. The molecular formula is C22H18I2N2O3. The van der Waals surface area contributed by atoms with E-state index in [-0.39, 0.29) is 5.91 Å². The molecule has 0 saturated heterocycles. The molecule has 0 aliphatic carbocycles. The fourth-order valence-electron chi connectivity index (χ4n) is 2.73. The molecule has 7 heteroatoms. The van der Waals surface area contributed by atoms with Crippen molar-refractivity contribution < 1.29 is 14.3 Å². The van der Waals surface area contributed by atoms with Crippen molar-refractivity contribution in [3.05, 3.63) is 79.5 Å². The van der Waals surface area contributed by atoms with E-state index < -0.39 is 0 Å². The number of fused-ring (bicyclic) bond motifs is 1. The third-order valence-electron chi connectivity index (χ3n) is 4.06. The van der Waals surface area contributed by atoms with Gasteiger partial charge in [-0.05, 0) is 85.8 Å². The number of hydrogen-bond acceptors (Lipinski definition) is 4. The summed E-state index contributed by atoms with van der Waals surface area (Å²) in [6.45, 7) is 4.11. The zero-order valence-corrected chi connectivity index (χ0v) is 19.9. The van der Waals surface area contributed by atoms with Gasteiger partial charge in [-0.25, -0.2) is 5.43 Å². The number of amides is 1. The summed E-state index contributed by atoms with van der Waals surface area (Å²) in [7, 11) is 1.55. The van der Waals surface area contributed by atoms with Gasteiger partial charge < -0.3 is 9.47 Å². The highest BCUT2D eigenvalue weighted by Gasteiger charge is 2.13. The number of methoxy groups -OCH3 is 1. The fourth-order valence-corrected chi connectivity index (χ4v) is 4.85. The molecule has 148 valence electrons. The average Bonchev–Trinajstić information content (AvgIpc) is 2.72. The van der Waals surface area contributed by atoms with Crippen molar-refractivity contribution in [1.29, 1.82) is 0 Å². The minimum absolute atomic E-state index is 0.334. The number of ether oxygens (including phenoxy) is 2. The molecule has 0 heterocycles. The van der Waals surface area contributed by atoms with Crippen LogP contribution in [-0.4, -0.2) is 25.8 Å². The van der Waals surface area contributed by atoms with E-state index in [4.69, 9.17) is 9.47 Å². The molecule has 0 aliphatic rings. The molecule has 3 rings (SSSR count). The van der Waals surface area contributed by atoms with Gasteiger partial charge in [-0.2, -0.15) is 5.10 Å². The molecule has 0 aliphatic heterocycles. The normalized spacial score (nSPS) is 10.9. The lowest BCUT2D eigenvalue weighted by Gasteiger charge is -2.10. The lowest BCUT2D eigenvalue weighted by atomic mass is 10.1. The molecule has 1 amide bonds. The van der Waals surface area contributed by atoms with E-state index in [1.807, 2.05) is 42.5 Å². The first kappa shape index (κ1) is 21.6. The summed E-state index contributed by atoms with van der Waals surface area (Å²) in [6, 6.07) is 15.3. The molecule has 0 radical (unpaired) electrons. The number of hydrogen-bond donors (Lipinski definition) is 1. The SMILES string of the molecule is C=CCOc1c(I)cc(/C=N\NC(=O)c2cc3ccccc3cc2OC)cc1I. The third-order valence-corrected chi connectivity index (χ3v) is 5.66. The molecule has 0 atom stereocenters. The summed E-state index contributed by atoms with van der Waals surface area (Å²) in [5.41, 5.74) is 3.86. The van der Waals surface area contributed by atoms with Crippen molar-refractivity contribution in [2.45, 2.75) is 0 Å². The Morgan fingerprint density at radius 3 is 2.41 bits per heavy atom. The highest BCUT2D eigenvalue weighted by molar-refractivity contribution is 14.1. The van der Waals surface area contributed by atoms with Gasteiger partial charge in [0.15, 0.2) is 0 Å². The van der Waals surface area contributed by atoms with Crippen molar-refractivity contribution >= 4 is 68.1 Å². The Bertz CT molecular complexity index is 1070. The molecule has 5 nitrogen and oxygen atoms in total. The van der Waals surface area contributed by atoms with E-state index in [2.05, 4.69) is 62.3 Å². The number of carbonyl (C=O) groups is 1. The van der Waals surface area contributed by atoms with Gasteiger partial charge in [0.25, 0.3) is 5.91 Å². The van der Waals surface area contributed by atoms with Crippen molar-refractivity contribution in [2.24, 2.45) is 5.10 Å². The van der Waals surface area contributed by atoms with Gasteiger partial charge in [0, 0.05) is 0 Å². The van der Waals surface area contributed by atoms with Gasteiger partial charge in [-0.15, -0.1) is 0 Å². The quantitative estimate of drug-likeness (QED) is 0.169. The Hall–Kier alpha value is -2.14. The number of halogens is 2. The van der Waals surface area contributed by atoms with E-state index in [0.717, 1.165) is 29.2 Å². The summed E-state index contributed by atoms with van der Waals surface area (Å²) in [4.78, 5) is 12.6. The van der Waals surface area contributed by atoms with Crippen LogP contribution in [0.5, 0.6) is 11.5 Å².